The third kappa shape index (κ3) is 5.46. The van der Waals surface area contributed by atoms with Crippen molar-refractivity contribution in [2.75, 3.05) is 4.90 Å². The molecule has 0 N–H and O–H groups in total. The molecule has 0 spiro atoms. The van der Waals surface area contributed by atoms with Crippen molar-refractivity contribution in [3.63, 3.8) is 0 Å². The first-order valence-electron chi connectivity index (χ1n) is 19.9. The molecule has 0 radical (unpaired) electrons. The Morgan fingerprint density at radius 1 is 0.655 bits per heavy atom. The molecule has 9 rings (SSSR count). The molecule has 0 saturated carbocycles. The van der Waals surface area contributed by atoms with E-state index in [9.17, 15) is 0 Å². The molecule has 2 atom stereocenters. The molecule has 3 nitrogen and oxygen atoms in total. The van der Waals surface area contributed by atoms with Crippen molar-refractivity contribution < 1.29 is 0 Å². The zero-order chi connectivity index (χ0) is 38.3. The summed E-state index contributed by atoms with van der Waals surface area (Å²) in [5.74, 6) is 0.432. The fourth-order valence-corrected chi connectivity index (χ4v) is 9.50. The van der Waals surface area contributed by atoms with Crippen molar-refractivity contribution in [3.8, 4) is 11.3 Å². The minimum atomic E-state index is -0.592. The van der Waals surface area contributed by atoms with Gasteiger partial charge < -0.3 is 4.90 Å². The summed E-state index contributed by atoms with van der Waals surface area (Å²) >= 11 is 0. The standard InChI is InChI=1S/C52H51N3/c1-49(2,3)35-23-26-41-39(32-35)40-33-36(50(4,5)6)24-27-42(40)52(41,48-21-12-14-29-54-48)37-16-15-17-38(31-37)55-46-20-10-9-18-43(46)51(7,8)44-25-22-34(30-47(44)55)45-19-11-13-28-53-45/h9-23,25-33,36H,24H2,1-8H3. The summed E-state index contributed by atoms with van der Waals surface area (Å²) in [6, 6.07) is 45.0. The highest BCUT2D eigenvalue weighted by molar-refractivity contribution is 5.95. The molecule has 0 fully saturated rings. The van der Waals surface area contributed by atoms with Gasteiger partial charge in [0.2, 0.25) is 0 Å². The van der Waals surface area contributed by atoms with E-state index in [1.807, 2.05) is 24.5 Å². The summed E-state index contributed by atoms with van der Waals surface area (Å²) in [6.45, 7) is 18.8. The van der Waals surface area contributed by atoms with Crippen LogP contribution in [-0.2, 0) is 16.2 Å². The zero-order valence-electron chi connectivity index (χ0n) is 33.5. The Balaban J connectivity index is 1.32. The van der Waals surface area contributed by atoms with Gasteiger partial charge in [0.05, 0.1) is 28.2 Å². The number of aromatic nitrogens is 2. The molecule has 2 aromatic heterocycles. The molecular weight excluding hydrogens is 667 g/mol. The highest BCUT2D eigenvalue weighted by Crippen LogP contribution is 2.61. The highest BCUT2D eigenvalue weighted by atomic mass is 15.2. The van der Waals surface area contributed by atoms with E-state index < -0.39 is 5.41 Å². The van der Waals surface area contributed by atoms with Crippen LogP contribution in [-0.4, -0.2) is 9.97 Å². The van der Waals surface area contributed by atoms with Crippen LogP contribution >= 0.6 is 0 Å². The molecular formula is C52H51N3. The molecule has 2 aliphatic carbocycles. The number of allylic oxidation sites excluding steroid dienone is 4. The van der Waals surface area contributed by atoms with Gasteiger partial charge in [-0.25, -0.2) is 0 Å². The molecule has 0 saturated heterocycles. The van der Waals surface area contributed by atoms with Crippen LogP contribution in [0.25, 0.3) is 16.8 Å². The minimum Gasteiger partial charge on any atom is -0.310 e. The number of nitrogens with zero attached hydrogens (tertiary/aromatic N) is 3. The summed E-state index contributed by atoms with van der Waals surface area (Å²) in [7, 11) is 0. The van der Waals surface area contributed by atoms with E-state index in [4.69, 9.17) is 9.97 Å². The molecule has 3 aliphatic rings. The van der Waals surface area contributed by atoms with Gasteiger partial charge in [-0.15, -0.1) is 0 Å². The van der Waals surface area contributed by atoms with Gasteiger partial charge in [-0.3, -0.25) is 9.97 Å². The lowest BCUT2D eigenvalue weighted by Gasteiger charge is -2.43. The van der Waals surface area contributed by atoms with Crippen LogP contribution in [0.4, 0.5) is 17.1 Å². The van der Waals surface area contributed by atoms with Crippen LogP contribution in [0.5, 0.6) is 0 Å². The van der Waals surface area contributed by atoms with Crippen LogP contribution in [0, 0.1) is 11.3 Å². The fraction of sp³-hybridized carbons (Fsp3) is 0.269. The Bertz CT molecular complexity index is 2510. The van der Waals surface area contributed by atoms with E-state index in [1.165, 1.54) is 55.9 Å². The molecule has 0 bridgehead atoms. The third-order valence-electron chi connectivity index (χ3n) is 12.6. The second kappa shape index (κ2) is 12.5. The number of hydrogen-bond donors (Lipinski definition) is 0. The Morgan fingerprint density at radius 3 is 2.11 bits per heavy atom. The van der Waals surface area contributed by atoms with E-state index in [0.717, 1.165) is 29.1 Å². The maximum Gasteiger partial charge on any atom is 0.0883 e. The number of para-hydroxylation sites is 1. The van der Waals surface area contributed by atoms with Gasteiger partial charge >= 0.3 is 0 Å². The van der Waals surface area contributed by atoms with Gasteiger partial charge in [0.15, 0.2) is 0 Å². The molecule has 1 aliphatic heterocycles. The third-order valence-corrected chi connectivity index (χ3v) is 12.6. The van der Waals surface area contributed by atoms with Crippen LogP contribution < -0.4 is 4.90 Å². The average Bonchev–Trinajstić information content (AvgIpc) is 3.48. The predicted octanol–water partition coefficient (Wildman–Crippen LogP) is 13.3. The van der Waals surface area contributed by atoms with Gasteiger partial charge in [0.1, 0.15) is 0 Å². The minimum absolute atomic E-state index is 0.0185. The smallest absolute Gasteiger partial charge is 0.0883 e. The second-order valence-corrected chi connectivity index (χ2v) is 18.4. The zero-order valence-corrected chi connectivity index (χ0v) is 33.5. The van der Waals surface area contributed by atoms with Crippen molar-refractivity contribution in [1.29, 1.82) is 0 Å². The lowest BCUT2D eigenvalue weighted by atomic mass is 9.66. The number of rotatable bonds is 4. The number of hydrogen-bond acceptors (Lipinski definition) is 3. The summed E-state index contributed by atoms with van der Waals surface area (Å²) in [5, 5.41) is 0. The number of benzene rings is 4. The van der Waals surface area contributed by atoms with E-state index >= 15 is 0 Å². The Morgan fingerprint density at radius 2 is 1.38 bits per heavy atom. The average molecular weight is 718 g/mol. The molecule has 3 heterocycles. The second-order valence-electron chi connectivity index (χ2n) is 18.4. The summed E-state index contributed by atoms with van der Waals surface area (Å²) in [4.78, 5) is 12.5. The van der Waals surface area contributed by atoms with E-state index in [0.29, 0.717) is 5.92 Å². The van der Waals surface area contributed by atoms with Crippen molar-refractivity contribution >= 4 is 22.6 Å². The normalized spacial score (nSPS) is 19.8. The van der Waals surface area contributed by atoms with Crippen molar-refractivity contribution in [3.05, 3.63) is 191 Å². The monoisotopic (exact) mass is 717 g/mol. The molecule has 6 aromatic rings. The van der Waals surface area contributed by atoms with Crippen LogP contribution in [0.1, 0.15) is 101 Å². The van der Waals surface area contributed by atoms with E-state index in [1.54, 1.807) is 0 Å². The number of anilines is 3. The van der Waals surface area contributed by atoms with E-state index in [2.05, 4.69) is 182 Å². The Kier molecular flexibility index (Phi) is 7.99. The molecule has 0 amide bonds. The summed E-state index contributed by atoms with van der Waals surface area (Å²) in [6.07, 6.45) is 9.98. The first-order chi connectivity index (χ1) is 26.3. The van der Waals surface area contributed by atoms with Gasteiger partial charge in [-0.05, 0) is 116 Å². The largest absolute Gasteiger partial charge is 0.310 e. The Hall–Kier alpha value is -5.54. The van der Waals surface area contributed by atoms with Crippen LogP contribution in [0.3, 0.4) is 0 Å². The molecule has 2 unspecified atom stereocenters. The summed E-state index contributed by atoms with van der Waals surface area (Å²) < 4.78 is 0. The van der Waals surface area contributed by atoms with Crippen LogP contribution in [0.15, 0.2) is 151 Å². The quantitative estimate of drug-likeness (QED) is 0.182. The molecule has 55 heavy (non-hydrogen) atoms. The Labute approximate surface area is 327 Å². The van der Waals surface area contributed by atoms with Crippen molar-refractivity contribution in [1.82, 2.24) is 9.97 Å². The van der Waals surface area contributed by atoms with Gasteiger partial charge in [0, 0.05) is 29.1 Å². The molecule has 4 aromatic carbocycles. The topological polar surface area (TPSA) is 29.0 Å². The molecule has 3 heteroatoms. The van der Waals surface area contributed by atoms with Crippen molar-refractivity contribution in [2.45, 2.75) is 78.1 Å². The van der Waals surface area contributed by atoms with Gasteiger partial charge in [-0.1, -0.05) is 140 Å². The maximum absolute atomic E-state index is 5.23. The SMILES string of the molecule is CC(C)(C)c1ccc2c(c1)C1=CC(C(C)(C)C)CC=C1C2(c1cccc(N2c3ccccc3C(C)(C)c3ccc(-c4ccccn4)cc32)c1)c1ccccn1. The highest BCUT2D eigenvalue weighted by Gasteiger charge is 2.51. The number of pyridine rings is 2. The van der Waals surface area contributed by atoms with Gasteiger partial charge in [-0.2, -0.15) is 0 Å². The predicted molar refractivity (Wildman–Crippen MR) is 229 cm³/mol. The van der Waals surface area contributed by atoms with Crippen LogP contribution in [0.2, 0.25) is 0 Å². The van der Waals surface area contributed by atoms with Crippen molar-refractivity contribution in [2.24, 2.45) is 11.3 Å². The first-order valence-corrected chi connectivity index (χ1v) is 19.9. The van der Waals surface area contributed by atoms with E-state index in [-0.39, 0.29) is 16.2 Å². The fourth-order valence-electron chi connectivity index (χ4n) is 9.50. The lowest BCUT2D eigenvalue weighted by molar-refractivity contribution is 0.293. The maximum atomic E-state index is 5.23. The van der Waals surface area contributed by atoms with Gasteiger partial charge in [0.25, 0.3) is 0 Å². The lowest BCUT2D eigenvalue weighted by Crippen LogP contribution is -2.32. The first kappa shape index (κ1) is 35.2. The molecule has 274 valence electrons. The number of fused-ring (bicyclic) bond motifs is 5. The summed E-state index contributed by atoms with van der Waals surface area (Å²) in [5.41, 5.74) is 16.6.